The molecule has 3 aromatic rings. The number of piperazine rings is 1. The summed E-state index contributed by atoms with van der Waals surface area (Å²) in [5, 5.41) is 0.564. The number of carbonyl (C=O) groups excluding carboxylic acids is 2. The number of amides is 1. The summed E-state index contributed by atoms with van der Waals surface area (Å²) in [5.74, 6) is -1.45. The van der Waals surface area contributed by atoms with Crippen LogP contribution in [0.25, 0.3) is 17.0 Å². The van der Waals surface area contributed by atoms with E-state index in [2.05, 4.69) is 34.2 Å². The molecule has 2 aromatic carbocycles. The van der Waals surface area contributed by atoms with Crippen molar-refractivity contribution < 1.29 is 14.0 Å². The van der Waals surface area contributed by atoms with E-state index in [-0.39, 0.29) is 5.82 Å². The highest BCUT2D eigenvalue weighted by molar-refractivity contribution is 6.44. The third kappa shape index (κ3) is 4.27. The number of ketones is 1. The Kier molecular flexibility index (Phi) is 5.53. The molecular weight excluding hydrogens is 369 g/mol. The Labute approximate surface area is 168 Å². The molecule has 1 fully saturated rings. The third-order valence-corrected chi connectivity index (χ3v) is 5.22. The minimum atomic E-state index is -0.555. The first-order valence-electron chi connectivity index (χ1n) is 9.66. The zero-order chi connectivity index (χ0) is 20.2. The number of H-pyrrole nitrogens is 1. The maximum atomic E-state index is 13.3. The van der Waals surface area contributed by atoms with E-state index in [1.807, 2.05) is 18.2 Å². The smallest absolute Gasteiger partial charge is 0.295 e. The summed E-state index contributed by atoms with van der Waals surface area (Å²) < 4.78 is 13.3. The Balaban J connectivity index is 1.33. The SMILES string of the molecule is O=C(C(=O)N1CCN(C/C=C/c2ccccc2)CC1)c1c[nH]c2cc(F)ccc12. The van der Waals surface area contributed by atoms with Crippen LogP contribution in [0.3, 0.4) is 0 Å². The van der Waals surface area contributed by atoms with Gasteiger partial charge in [0.2, 0.25) is 0 Å². The van der Waals surface area contributed by atoms with Gasteiger partial charge in [-0.15, -0.1) is 0 Å². The van der Waals surface area contributed by atoms with E-state index in [0.717, 1.165) is 25.2 Å². The molecule has 1 aliphatic heterocycles. The highest BCUT2D eigenvalue weighted by Gasteiger charge is 2.28. The second kappa shape index (κ2) is 8.41. The third-order valence-electron chi connectivity index (χ3n) is 5.22. The van der Waals surface area contributed by atoms with E-state index in [9.17, 15) is 14.0 Å². The molecule has 1 aliphatic rings. The molecule has 2 heterocycles. The van der Waals surface area contributed by atoms with Crippen molar-refractivity contribution in [1.82, 2.24) is 14.8 Å². The molecule has 0 bridgehead atoms. The Morgan fingerprint density at radius 1 is 1.03 bits per heavy atom. The molecule has 4 rings (SSSR count). The number of nitrogens with one attached hydrogen (secondary N) is 1. The number of hydrogen-bond donors (Lipinski definition) is 1. The Morgan fingerprint density at radius 2 is 1.79 bits per heavy atom. The fourth-order valence-corrected chi connectivity index (χ4v) is 3.58. The number of fused-ring (bicyclic) bond motifs is 1. The van der Waals surface area contributed by atoms with Crippen LogP contribution in [-0.2, 0) is 4.79 Å². The van der Waals surface area contributed by atoms with Crippen molar-refractivity contribution in [2.45, 2.75) is 0 Å². The van der Waals surface area contributed by atoms with Gasteiger partial charge in [0.25, 0.3) is 11.7 Å². The molecule has 29 heavy (non-hydrogen) atoms. The van der Waals surface area contributed by atoms with E-state index >= 15 is 0 Å². The standard InChI is InChI=1S/C23H22FN3O2/c24-18-8-9-19-20(16-25-21(19)15-18)22(28)23(29)27-13-11-26(12-14-27)10-4-7-17-5-2-1-3-6-17/h1-9,15-16,25H,10-14H2/b7-4+. The first kappa shape index (κ1) is 19.1. The van der Waals surface area contributed by atoms with Gasteiger partial charge in [0, 0.05) is 49.8 Å². The number of aromatic nitrogens is 1. The maximum absolute atomic E-state index is 13.3. The van der Waals surface area contributed by atoms with Gasteiger partial charge in [-0.25, -0.2) is 4.39 Å². The predicted octanol–water partition coefficient (Wildman–Crippen LogP) is 3.35. The van der Waals surface area contributed by atoms with Gasteiger partial charge in [0.05, 0.1) is 5.56 Å². The summed E-state index contributed by atoms with van der Waals surface area (Å²) in [6, 6.07) is 14.2. The van der Waals surface area contributed by atoms with Crippen LogP contribution < -0.4 is 0 Å². The normalized spacial score (nSPS) is 15.3. The van der Waals surface area contributed by atoms with Crippen LogP contribution in [0.1, 0.15) is 15.9 Å². The van der Waals surface area contributed by atoms with Crippen molar-refractivity contribution in [3.05, 3.63) is 77.7 Å². The van der Waals surface area contributed by atoms with E-state index < -0.39 is 11.7 Å². The molecule has 6 heteroatoms. The molecule has 0 saturated carbocycles. The summed E-state index contributed by atoms with van der Waals surface area (Å²) in [4.78, 5) is 32.1. The predicted molar refractivity (Wildman–Crippen MR) is 111 cm³/mol. The number of Topliss-reactive ketones (excluding diaryl/α,β-unsaturated/α-hetero) is 1. The van der Waals surface area contributed by atoms with Gasteiger partial charge >= 0.3 is 0 Å². The van der Waals surface area contributed by atoms with Crippen molar-refractivity contribution in [1.29, 1.82) is 0 Å². The molecular formula is C23H22FN3O2. The number of benzene rings is 2. The lowest BCUT2D eigenvalue weighted by atomic mass is 10.1. The highest BCUT2D eigenvalue weighted by atomic mass is 19.1. The fraction of sp³-hybridized carbons (Fsp3) is 0.217. The molecule has 1 aromatic heterocycles. The van der Waals surface area contributed by atoms with E-state index in [1.165, 1.54) is 24.4 Å². The summed E-state index contributed by atoms with van der Waals surface area (Å²) >= 11 is 0. The molecule has 1 saturated heterocycles. The molecule has 1 N–H and O–H groups in total. The number of nitrogens with zero attached hydrogens (tertiary/aromatic N) is 2. The number of rotatable bonds is 5. The second-order valence-electron chi connectivity index (χ2n) is 7.13. The van der Waals surface area contributed by atoms with Crippen LogP contribution in [0.2, 0.25) is 0 Å². The average molecular weight is 391 g/mol. The largest absolute Gasteiger partial charge is 0.360 e. The van der Waals surface area contributed by atoms with Gasteiger partial charge in [0.15, 0.2) is 0 Å². The molecule has 0 spiro atoms. The van der Waals surface area contributed by atoms with Crippen LogP contribution in [-0.4, -0.2) is 59.2 Å². The second-order valence-corrected chi connectivity index (χ2v) is 7.13. The zero-order valence-electron chi connectivity index (χ0n) is 16.0. The summed E-state index contributed by atoms with van der Waals surface area (Å²) in [5.41, 5.74) is 1.96. The molecule has 148 valence electrons. The van der Waals surface area contributed by atoms with Gasteiger partial charge < -0.3 is 9.88 Å². The van der Waals surface area contributed by atoms with Gasteiger partial charge in [-0.1, -0.05) is 42.5 Å². The summed E-state index contributed by atoms with van der Waals surface area (Å²) in [6.45, 7) is 3.27. The summed E-state index contributed by atoms with van der Waals surface area (Å²) in [7, 11) is 0. The fourth-order valence-electron chi connectivity index (χ4n) is 3.58. The van der Waals surface area contributed by atoms with Crippen LogP contribution in [0, 0.1) is 5.82 Å². The first-order chi connectivity index (χ1) is 14.1. The minimum Gasteiger partial charge on any atom is -0.360 e. The van der Waals surface area contributed by atoms with Crippen LogP contribution in [0.15, 0.2) is 60.8 Å². The van der Waals surface area contributed by atoms with Crippen LogP contribution in [0.4, 0.5) is 4.39 Å². The lowest BCUT2D eigenvalue weighted by Crippen LogP contribution is -2.50. The first-order valence-corrected chi connectivity index (χ1v) is 9.66. The van der Waals surface area contributed by atoms with Gasteiger partial charge in [-0.2, -0.15) is 0 Å². The lowest BCUT2D eigenvalue weighted by Gasteiger charge is -2.33. The van der Waals surface area contributed by atoms with E-state index in [4.69, 9.17) is 0 Å². The maximum Gasteiger partial charge on any atom is 0.295 e. The number of hydrogen-bond acceptors (Lipinski definition) is 3. The Hall–Kier alpha value is -3.25. The van der Waals surface area contributed by atoms with Crippen molar-refractivity contribution in [3.63, 3.8) is 0 Å². The van der Waals surface area contributed by atoms with Crippen molar-refractivity contribution in [2.75, 3.05) is 32.7 Å². The monoisotopic (exact) mass is 391 g/mol. The van der Waals surface area contributed by atoms with Gasteiger partial charge in [0.1, 0.15) is 5.82 Å². The zero-order valence-corrected chi connectivity index (χ0v) is 16.0. The molecule has 5 nitrogen and oxygen atoms in total. The Morgan fingerprint density at radius 3 is 2.55 bits per heavy atom. The highest BCUT2D eigenvalue weighted by Crippen LogP contribution is 2.20. The number of carbonyl (C=O) groups is 2. The van der Waals surface area contributed by atoms with E-state index in [0.29, 0.717) is 29.6 Å². The van der Waals surface area contributed by atoms with Crippen LogP contribution >= 0.6 is 0 Å². The van der Waals surface area contributed by atoms with Crippen LogP contribution in [0.5, 0.6) is 0 Å². The number of aromatic amines is 1. The van der Waals surface area contributed by atoms with Gasteiger partial charge in [-0.05, 0) is 23.8 Å². The van der Waals surface area contributed by atoms with E-state index in [1.54, 1.807) is 4.90 Å². The quantitative estimate of drug-likeness (QED) is 0.536. The Bertz CT molecular complexity index is 1050. The topological polar surface area (TPSA) is 56.4 Å². The molecule has 1 amide bonds. The molecule has 0 atom stereocenters. The summed E-state index contributed by atoms with van der Waals surface area (Å²) in [6.07, 6.45) is 5.68. The van der Waals surface area contributed by atoms with Gasteiger partial charge in [-0.3, -0.25) is 14.5 Å². The van der Waals surface area contributed by atoms with Crippen molar-refractivity contribution in [2.24, 2.45) is 0 Å². The van der Waals surface area contributed by atoms with Crippen molar-refractivity contribution in [3.8, 4) is 0 Å². The number of halogens is 1. The minimum absolute atomic E-state index is 0.290. The average Bonchev–Trinajstić information content (AvgIpc) is 3.17. The molecule has 0 aliphatic carbocycles. The molecule has 0 unspecified atom stereocenters. The molecule has 0 radical (unpaired) electrons. The lowest BCUT2D eigenvalue weighted by molar-refractivity contribution is -0.128. The van der Waals surface area contributed by atoms with Crippen molar-refractivity contribution >= 4 is 28.7 Å².